The number of unbranched alkanes of at least 4 members (excludes halogenated alkanes) is 3. The number of fused-ring (bicyclic) bond motifs is 1. The molecule has 23 heavy (non-hydrogen) atoms. The number of nitrogens with zero attached hydrogens (tertiary/aromatic N) is 3. The van der Waals surface area contributed by atoms with Gasteiger partial charge in [0.25, 0.3) is 0 Å². The second-order valence-electron chi connectivity index (χ2n) is 6.17. The van der Waals surface area contributed by atoms with Gasteiger partial charge in [-0.05, 0) is 25.0 Å². The van der Waals surface area contributed by atoms with E-state index in [0.29, 0.717) is 6.04 Å². The summed E-state index contributed by atoms with van der Waals surface area (Å²) in [6, 6.07) is 7.16. The number of hydrogen-bond acceptors (Lipinski definition) is 4. The van der Waals surface area contributed by atoms with Crippen LogP contribution in [0.1, 0.15) is 57.6 Å². The molecule has 2 heterocycles. The van der Waals surface area contributed by atoms with Crippen LogP contribution in [0.25, 0.3) is 0 Å². The Labute approximate surface area is 152 Å². The van der Waals surface area contributed by atoms with Gasteiger partial charge in [-0.15, -0.1) is 0 Å². The highest BCUT2D eigenvalue weighted by molar-refractivity contribution is 9.10. The average Bonchev–Trinajstić information content (AvgIpc) is 3.17. The highest BCUT2D eigenvalue weighted by Crippen LogP contribution is 2.45. The maximum atomic E-state index is 4.77. The molecule has 3 nitrogen and oxygen atoms in total. The van der Waals surface area contributed by atoms with E-state index in [0.717, 1.165) is 29.7 Å². The predicted molar refractivity (Wildman–Crippen MR) is 105 cm³/mol. The maximum absolute atomic E-state index is 4.77. The quantitative estimate of drug-likeness (QED) is 0.582. The number of thioether (sulfide) groups is 1. The molecule has 0 bridgehead atoms. The molecule has 0 aliphatic carbocycles. The average molecular weight is 396 g/mol. The topological polar surface area (TPSA) is 18.8 Å². The normalized spacial score (nSPS) is 20.1. The lowest BCUT2D eigenvalue weighted by Crippen LogP contribution is -2.43. The molecule has 0 N–H and O–H groups in total. The zero-order valence-corrected chi connectivity index (χ0v) is 16.5. The third-order valence-electron chi connectivity index (χ3n) is 4.56. The van der Waals surface area contributed by atoms with Crippen molar-refractivity contribution >= 4 is 38.5 Å². The molecule has 1 aromatic rings. The molecule has 0 aromatic heterocycles. The Morgan fingerprint density at radius 3 is 2.83 bits per heavy atom. The minimum atomic E-state index is 0.425. The number of hydrazine groups is 1. The first-order chi connectivity index (χ1) is 11.3. The van der Waals surface area contributed by atoms with Crippen LogP contribution in [0.4, 0.5) is 5.69 Å². The second-order valence-corrected chi connectivity index (χ2v) is 8.15. The molecule has 1 unspecified atom stereocenters. The summed E-state index contributed by atoms with van der Waals surface area (Å²) in [5.74, 6) is 1.12. The van der Waals surface area contributed by atoms with Crippen molar-refractivity contribution in [2.24, 2.45) is 4.99 Å². The van der Waals surface area contributed by atoms with E-state index >= 15 is 0 Å². The zero-order valence-electron chi connectivity index (χ0n) is 14.1. The fourth-order valence-electron chi connectivity index (χ4n) is 3.45. The Morgan fingerprint density at radius 1 is 1.26 bits per heavy atom. The minimum absolute atomic E-state index is 0.425. The summed E-state index contributed by atoms with van der Waals surface area (Å²) < 4.78 is 1.16. The Morgan fingerprint density at radius 2 is 2.13 bits per heavy atom. The van der Waals surface area contributed by atoms with Crippen LogP contribution >= 0.6 is 27.7 Å². The van der Waals surface area contributed by atoms with E-state index < -0.39 is 0 Å². The van der Waals surface area contributed by atoms with Crippen LogP contribution in [0.5, 0.6) is 0 Å². The third kappa shape index (κ3) is 3.55. The molecular weight excluding hydrogens is 370 g/mol. The second kappa shape index (κ2) is 7.93. The summed E-state index contributed by atoms with van der Waals surface area (Å²) in [7, 11) is 0. The van der Waals surface area contributed by atoms with Gasteiger partial charge in [0.15, 0.2) is 5.17 Å². The highest BCUT2D eigenvalue weighted by atomic mass is 79.9. The van der Waals surface area contributed by atoms with Gasteiger partial charge >= 0.3 is 0 Å². The van der Waals surface area contributed by atoms with E-state index in [1.165, 1.54) is 42.1 Å². The van der Waals surface area contributed by atoms with Crippen LogP contribution < -0.4 is 5.01 Å². The molecule has 0 spiro atoms. The van der Waals surface area contributed by atoms with Gasteiger partial charge in [0.05, 0.1) is 18.3 Å². The van der Waals surface area contributed by atoms with Gasteiger partial charge in [0.1, 0.15) is 0 Å². The Balaban J connectivity index is 1.88. The van der Waals surface area contributed by atoms with Crippen molar-refractivity contribution in [2.45, 2.75) is 52.0 Å². The van der Waals surface area contributed by atoms with E-state index in [2.05, 4.69) is 58.0 Å². The minimum Gasteiger partial charge on any atom is -0.283 e. The van der Waals surface area contributed by atoms with E-state index in [1.54, 1.807) is 0 Å². The number of aliphatic imine (C=N–C) groups is 1. The van der Waals surface area contributed by atoms with Gasteiger partial charge in [-0.1, -0.05) is 66.9 Å². The monoisotopic (exact) mass is 395 g/mol. The molecule has 0 amide bonds. The van der Waals surface area contributed by atoms with Gasteiger partial charge in [-0.2, -0.15) is 0 Å². The summed E-state index contributed by atoms with van der Waals surface area (Å²) in [6.07, 6.45) is 6.27. The largest absolute Gasteiger partial charge is 0.283 e. The predicted octanol–water partition coefficient (Wildman–Crippen LogP) is 5.62. The lowest BCUT2D eigenvalue weighted by atomic mass is 10.0. The van der Waals surface area contributed by atoms with E-state index in [4.69, 9.17) is 4.99 Å². The summed E-state index contributed by atoms with van der Waals surface area (Å²) in [5.41, 5.74) is 2.80. The van der Waals surface area contributed by atoms with Crippen molar-refractivity contribution in [3.8, 4) is 0 Å². The highest BCUT2D eigenvalue weighted by Gasteiger charge is 2.38. The molecule has 2 aliphatic heterocycles. The molecule has 0 saturated carbocycles. The number of benzene rings is 1. The molecule has 126 valence electrons. The van der Waals surface area contributed by atoms with Crippen molar-refractivity contribution in [1.29, 1.82) is 0 Å². The summed E-state index contributed by atoms with van der Waals surface area (Å²) in [5, 5.41) is 6.17. The fourth-order valence-corrected chi connectivity index (χ4v) is 4.70. The number of anilines is 1. The van der Waals surface area contributed by atoms with Crippen molar-refractivity contribution in [1.82, 2.24) is 5.01 Å². The summed E-state index contributed by atoms with van der Waals surface area (Å²) in [4.78, 5) is 4.77. The first kappa shape index (κ1) is 17.2. The van der Waals surface area contributed by atoms with Crippen LogP contribution in [-0.2, 0) is 0 Å². The molecule has 3 rings (SSSR count). The molecule has 0 saturated heterocycles. The lowest BCUT2D eigenvalue weighted by Gasteiger charge is -2.35. The van der Waals surface area contributed by atoms with Gasteiger partial charge in [0.2, 0.25) is 0 Å². The molecule has 2 aliphatic rings. The van der Waals surface area contributed by atoms with Crippen molar-refractivity contribution < 1.29 is 0 Å². The standard InChI is InChI=1S/C18H26BrN3S/c1-3-5-6-7-11-21-17-13-14(19)8-9-15(17)16(4-2)22(21)18-20-10-12-23-18/h8-9,13,16H,3-7,10-12H2,1-2H3. The van der Waals surface area contributed by atoms with E-state index in [-0.39, 0.29) is 0 Å². The number of halogens is 1. The van der Waals surface area contributed by atoms with Crippen LogP contribution in [0, 0.1) is 0 Å². The van der Waals surface area contributed by atoms with Gasteiger partial charge in [-0.3, -0.25) is 15.0 Å². The van der Waals surface area contributed by atoms with Crippen molar-refractivity contribution in [2.75, 3.05) is 23.9 Å². The van der Waals surface area contributed by atoms with Crippen LogP contribution in [0.3, 0.4) is 0 Å². The zero-order chi connectivity index (χ0) is 16.2. The Hall–Kier alpha value is -0.680. The molecule has 1 aromatic carbocycles. The summed E-state index contributed by atoms with van der Waals surface area (Å²) >= 11 is 5.55. The summed E-state index contributed by atoms with van der Waals surface area (Å²) in [6.45, 7) is 6.59. The molecular formula is C18H26BrN3S. The smallest absolute Gasteiger partial charge is 0.178 e. The first-order valence-electron chi connectivity index (χ1n) is 8.79. The number of rotatable bonds is 6. The molecule has 1 atom stereocenters. The van der Waals surface area contributed by atoms with E-state index in [9.17, 15) is 0 Å². The van der Waals surface area contributed by atoms with Gasteiger partial charge in [-0.25, -0.2) is 0 Å². The van der Waals surface area contributed by atoms with Crippen LogP contribution in [0.2, 0.25) is 0 Å². The molecule has 5 heteroatoms. The fraction of sp³-hybridized carbons (Fsp3) is 0.611. The lowest BCUT2D eigenvalue weighted by molar-refractivity contribution is 0.316. The SMILES string of the molecule is CCCCCCN1c2cc(Br)ccc2C(CC)N1C1=NCCS1. The van der Waals surface area contributed by atoms with Crippen molar-refractivity contribution in [3.05, 3.63) is 28.2 Å². The van der Waals surface area contributed by atoms with Gasteiger partial charge in [0, 0.05) is 22.3 Å². The first-order valence-corrected chi connectivity index (χ1v) is 10.6. The number of hydrogen-bond donors (Lipinski definition) is 0. The van der Waals surface area contributed by atoms with Crippen LogP contribution in [-0.4, -0.2) is 29.0 Å². The Bertz CT molecular complexity index is 575. The molecule has 0 radical (unpaired) electrons. The number of amidine groups is 1. The van der Waals surface area contributed by atoms with Crippen LogP contribution in [0.15, 0.2) is 27.7 Å². The maximum Gasteiger partial charge on any atom is 0.178 e. The Kier molecular flexibility index (Phi) is 5.91. The van der Waals surface area contributed by atoms with E-state index in [1.807, 2.05) is 11.8 Å². The third-order valence-corrected chi connectivity index (χ3v) is 6.01. The van der Waals surface area contributed by atoms with Crippen molar-refractivity contribution in [3.63, 3.8) is 0 Å². The molecule has 0 fully saturated rings. The van der Waals surface area contributed by atoms with Gasteiger partial charge < -0.3 is 0 Å².